The first-order valence-corrected chi connectivity index (χ1v) is 8.68. The van der Waals surface area contributed by atoms with E-state index in [4.69, 9.17) is 23.2 Å². The van der Waals surface area contributed by atoms with Crippen LogP contribution >= 0.6 is 23.2 Å². The third kappa shape index (κ3) is 4.13. The maximum Gasteiger partial charge on any atom is 0.0453 e. The van der Waals surface area contributed by atoms with Crippen LogP contribution in [0.2, 0.25) is 10.0 Å². The summed E-state index contributed by atoms with van der Waals surface area (Å²) in [4.78, 5) is 2.59. The lowest BCUT2D eigenvalue weighted by atomic mass is 9.88. The fourth-order valence-electron chi connectivity index (χ4n) is 3.11. The van der Waals surface area contributed by atoms with Crippen LogP contribution in [0.25, 0.3) is 0 Å². The van der Waals surface area contributed by atoms with Gasteiger partial charge in [-0.05, 0) is 43.9 Å². The molecule has 0 bridgehead atoms. The Morgan fingerprint density at radius 3 is 2.62 bits per heavy atom. The molecule has 1 atom stereocenters. The van der Waals surface area contributed by atoms with Crippen LogP contribution in [0.1, 0.15) is 39.2 Å². The summed E-state index contributed by atoms with van der Waals surface area (Å²) in [6.07, 6.45) is 3.33. The van der Waals surface area contributed by atoms with Gasteiger partial charge in [0.2, 0.25) is 0 Å². The number of nitrogens with zero attached hydrogens (tertiary/aromatic N) is 1. The number of hydrogen-bond donors (Lipinski definition) is 1. The zero-order valence-electron chi connectivity index (χ0n) is 13.3. The quantitative estimate of drug-likeness (QED) is 0.862. The predicted molar refractivity (Wildman–Crippen MR) is 92.5 cm³/mol. The van der Waals surface area contributed by atoms with Gasteiger partial charge in [-0.25, -0.2) is 0 Å². The molecule has 1 aromatic rings. The molecular formula is C17H26Cl2N2. The van der Waals surface area contributed by atoms with Gasteiger partial charge in [-0.15, -0.1) is 0 Å². The van der Waals surface area contributed by atoms with Crippen molar-refractivity contribution in [1.82, 2.24) is 10.2 Å². The van der Waals surface area contributed by atoms with Crippen LogP contribution in [0.15, 0.2) is 18.2 Å². The van der Waals surface area contributed by atoms with Crippen molar-refractivity contribution in [3.8, 4) is 0 Å². The molecule has 0 aliphatic carbocycles. The normalized spacial score (nSPS) is 22.4. The summed E-state index contributed by atoms with van der Waals surface area (Å²) in [7, 11) is 0. The second-order valence-electron chi connectivity index (χ2n) is 6.17. The van der Waals surface area contributed by atoms with Gasteiger partial charge in [-0.1, -0.05) is 43.1 Å². The number of piperazine rings is 1. The highest BCUT2D eigenvalue weighted by Gasteiger charge is 2.34. The lowest BCUT2D eigenvalue weighted by Gasteiger charge is -2.46. The van der Waals surface area contributed by atoms with Crippen LogP contribution in [0.4, 0.5) is 0 Å². The lowest BCUT2D eigenvalue weighted by Crippen LogP contribution is -2.63. The Labute approximate surface area is 138 Å². The fraction of sp³-hybridized carbons (Fsp3) is 0.647. The maximum absolute atomic E-state index is 6.28. The first-order chi connectivity index (χ1) is 9.99. The summed E-state index contributed by atoms with van der Waals surface area (Å²) in [6, 6.07) is 6.38. The predicted octanol–water partition coefficient (Wildman–Crippen LogP) is 4.39. The molecule has 1 aromatic carbocycles. The number of rotatable bonds is 5. The minimum atomic E-state index is 0.274. The zero-order chi connectivity index (χ0) is 15.5. The summed E-state index contributed by atoms with van der Waals surface area (Å²) >= 11 is 12.2. The van der Waals surface area contributed by atoms with Crippen molar-refractivity contribution in [1.29, 1.82) is 0 Å². The largest absolute Gasteiger partial charge is 0.308 e. The number of benzene rings is 1. The van der Waals surface area contributed by atoms with Crippen LogP contribution < -0.4 is 5.32 Å². The first kappa shape index (κ1) is 17.1. The van der Waals surface area contributed by atoms with Gasteiger partial charge in [-0.2, -0.15) is 0 Å². The van der Waals surface area contributed by atoms with E-state index in [9.17, 15) is 0 Å². The molecule has 2 rings (SSSR count). The molecule has 1 N–H and O–H groups in total. The SMILES string of the molecule is CCC1(CC)CN(CCc2ccc(Cl)cc2Cl)C(C)CN1. The highest BCUT2D eigenvalue weighted by Crippen LogP contribution is 2.25. The van der Waals surface area contributed by atoms with E-state index in [1.54, 1.807) is 0 Å². The molecule has 0 spiro atoms. The minimum absolute atomic E-state index is 0.274. The molecule has 2 nitrogen and oxygen atoms in total. The maximum atomic E-state index is 6.28. The van der Waals surface area contributed by atoms with E-state index >= 15 is 0 Å². The topological polar surface area (TPSA) is 15.3 Å². The van der Waals surface area contributed by atoms with E-state index in [0.29, 0.717) is 11.1 Å². The molecule has 21 heavy (non-hydrogen) atoms. The molecule has 4 heteroatoms. The van der Waals surface area contributed by atoms with Crippen molar-refractivity contribution in [3.05, 3.63) is 33.8 Å². The Hall–Kier alpha value is -0.280. The Morgan fingerprint density at radius 2 is 2.00 bits per heavy atom. The second-order valence-corrected chi connectivity index (χ2v) is 7.02. The molecule has 1 saturated heterocycles. The van der Waals surface area contributed by atoms with Crippen LogP contribution in [0.5, 0.6) is 0 Å². The Morgan fingerprint density at radius 1 is 1.29 bits per heavy atom. The van der Waals surface area contributed by atoms with Crippen molar-refractivity contribution in [3.63, 3.8) is 0 Å². The smallest absolute Gasteiger partial charge is 0.0453 e. The summed E-state index contributed by atoms with van der Waals surface area (Å²) < 4.78 is 0. The summed E-state index contributed by atoms with van der Waals surface area (Å²) in [5.74, 6) is 0. The number of nitrogens with one attached hydrogen (secondary N) is 1. The van der Waals surface area contributed by atoms with Crippen molar-refractivity contribution in [2.75, 3.05) is 19.6 Å². The Kier molecular flexibility index (Phi) is 5.96. The van der Waals surface area contributed by atoms with Crippen molar-refractivity contribution in [2.24, 2.45) is 0 Å². The summed E-state index contributed by atoms with van der Waals surface area (Å²) in [6.45, 7) is 10.1. The molecule has 0 aromatic heterocycles. The molecule has 1 unspecified atom stereocenters. The average molecular weight is 329 g/mol. The van der Waals surface area contributed by atoms with Crippen LogP contribution in [-0.4, -0.2) is 36.1 Å². The van der Waals surface area contributed by atoms with Gasteiger partial charge in [0.15, 0.2) is 0 Å². The monoisotopic (exact) mass is 328 g/mol. The molecule has 1 aliphatic rings. The molecular weight excluding hydrogens is 303 g/mol. The van der Waals surface area contributed by atoms with Gasteiger partial charge in [0, 0.05) is 41.3 Å². The highest BCUT2D eigenvalue weighted by atomic mass is 35.5. The fourth-order valence-corrected chi connectivity index (χ4v) is 3.61. The summed E-state index contributed by atoms with van der Waals surface area (Å²) in [5.41, 5.74) is 1.46. The Bertz CT molecular complexity index is 472. The van der Waals surface area contributed by atoms with E-state index in [-0.39, 0.29) is 5.54 Å². The van der Waals surface area contributed by atoms with Gasteiger partial charge < -0.3 is 5.32 Å². The molecule has 1 fully saturated rings. The van der Waals surface area contributed by atoms with Gasteiger partial charge >= 0.3 is 0 Å². The van der Waals surface area contributed by atoms with Gasteiger partial charge in [-0.3, -0.25) is 4.90 Å². The van der Waals surface area contributed by atoms with Crippen LogP contribution in [-0.2, 0) is 6.42 Å². The van der Waals surface area contributed by atoms with Gasteiger partial charge in [0.25, 0.3) is 0 Å². The molecule has 1 aliphatic heterocycles. The third-order valence-electron chi connectivity index (χ3n) is 4.94. The van der Waals surface area contributed by atoms with E-state index in [2.05, 4.69) is 31.0 Å². The Balaban J connectivity index is 2.00. The zero-order valence-corrected chi connectivity index (χ0v) is 14.8. The van der Waals surface area contributed by atoms with Gasteiger partial charge in [0.05, 0.1) is 0 Å². The number of halogens is 2. The van der Waals surface area contributed by atoms with E-state index in [0.717, 1.165) is 31.1 Å². The lowest BCUT2D eigenvalue weighted by molar-refractivity contribution is 0.0819. The minimum Gasteiger partial charge on any atom is -0.308 e. The third-order valence-corrected chi connectivity index (χ3v) is 5.53. The molecule has 1 heterocycles. The van der Waals surface area contributed by atoms with E-state index < -0.39 is 0 Å². The average Bonchev–Trinajstić information content (AvgIpc) is 2.48. The molecule has 118 valence electrons. The highest BCUT2D eigenvalue weighted by molar-refractivity contribution is 6.35. The van der Waals surface area contributed by atoms with Crippen molar-refractivity contribution >= 4 is 23.2 Å². The molecule has 0 amide bonds. The van der Waals surface area contributed by atoms with Gasteiger partial charge in [0.1, 0.15) is 0 Å². The number of hydrogen-bond acceptors (Lipinski definition) is 2. The van der Waals surface area contributed by atoms with E-state index in [1.165, 1.54) is 18.4 Å². The molecule has 0 radical (unpaired) electrons. The van der Waals surface area contributed by atoms with E-state index in [1.807, 2.05) is 18.2 Å². The summed E-state index contributed by atoms with van der Waals surface area (Å²) in [5, 5.41) is 5.23. The standard InChI is InChI=1S/C17H26Cl2N2/c1-4-17(5-2)12-21(13(3)11-20-17)9-8-14-6-7-15(18)10-16(14)19/h6-7,10,13,20H,4-5,8-9,11-12H2,1-3H3. The van der Waals surface area contributed by atoms with Crippen LogP contribution in [0.3, 0.4) is 0 Å². The molecule has 0 saturated carbocycles. The first-order valence-electron chi connectivity index (χ1n) is 7.92. The van der Waals surface area contributed by atoms with Crippen molar-refractivity contribution < 1.29 is 0 Å². The second kappa shape index (κ2) is 7.32. The van der Waals surface area contributed by atoms with Crippen molar-refractivity contribution in [2.45, 2.75) is 51.6 Å². The van der Waals surface area contributed by atoms with Crippen LogP contribution in [0, 0.1) is 0 Å².